The second kappa shape index (κ2) is 6.85. The summed E-state index contributed by atoms with van der Waals surface area (Å²) in [5.41, 5.74) is 0.159. The quantitative estimate of drug-likeness (QED) is 0.778. The van der Waals surface area contributed by atoms with Crippen LogP contribution >= 0.6 is 0 Å². The maximum atomic E-state index is 12.3. The summed E-state index contributed by atoms with van der Waals surface area (Å²) in [5.74, 6) is -0.626. The van der Waals surface area contributed by atoms with Gasteiger partial charge in [-0.05, 0) is 25.1 Å². The maximum Gasteiger partial charge on any atom is 0.246 e. The van der Waals surface area contributed by atoms with Gasteiger partial charge in [-0.2, -0.15) is 0 Å². The van der Waals surface area contributed by atoms with Crippen molar-refractivity contribution in [2.24, 2.45) is 0 Å². The third-order valence-corrected chi connectivity index (χ3v) is 6.54. The molecule has 0 fully saturated rings. The average Bonchev–Trinajstić information content (AvgIpc) is 2.45. The predicted molar refractivity (Wildman–Crippen MR) is 86.8 cm³/mol. The SMILES string of the molecule is COc1ccc(NC(=O)[C@@H](C)S(C)(=O)=O)cc1S(=O)(=O)N(C)C. The molecule has 1 aromatic carbocycles. The number of hydrogen-bond donors (Lipinski definition) is 1. The molecule has 8 nitrogen and oxygen atoms in total. The van der Waals surface area contributed by atoms with Crippen molar-refractivity contribution in [3.8, 4) is 5.75 Å². The highest BCUT2D eigenvalue weighted by Crippen LogP contribution is 2.29. The van der Waals surface area contributed by atoms with Crippen molar-refractivity contribution < 1.29 is 26.4 Å². The number of sulfone groups is 1. The van der Waals surface area contributed by atoms with Crippen molar-refractivity contribution in [1.29, 1.82) is 0 Å². The molecule has 0 saturated carbocycles. The number of hydrogen-bond acceptors (Lipinski definition) is 6. The van der Waals surface area contributed by atoms with E-state index in [4.69, 9.17) is 4.74 Å². The molecule has 0 aliphatic carbocycles. The van der Waals surface area contributed by atoms with E-state index in [1.807, 2.05) is 0 Å². The van der Waals surface area contributed by atoms with Crippen LogP contribution in [0.5, 0.6) is 5.75 Å². The first-order valence-corrected chi connectivity index (χ1v) is 9.91. The average molecular weight is 364 g/mol. The largest absolute Gasteiger partial charge is 0.495 e. The predicted octanol–water partition coefficient (Wildman–Crippen LogP) is 0.317. The van der Waals surface area contributed by atoms with Crippen LogP contribution in [-0.4, -0.2) is 59.8 Å². The number of ether oxygens (including phenoxy) is 1. The third kappa shape index (κ3) is 4.43. The van der Waals surface area contributed by atoms with Gasteiger partial charge in [-0.15, -0.1) is 0 Å². The lowest BCUT2D eigenvalue weighted by molar-refractivity contribution is -0.115. The summed E-state index contributed by atoms with van der Waals surface area (Å²) in [7, 11) is -3.28. The Morgan fingerprint density at radius 3 is 2.22 bits per heavy atom. The number of nitrogens with one attached hydrogen (secondary N) is 1. The molecule has 0 saturated heterocycles. The molecule has 0 unspecified atom stereocenters. The molecule has 1 aromatic rings. The fraction of sp³-hybridized carbons (Fsp3) is 0.462. The van der Waals surface area contributed by atoms with Crippen LogP contribution < -0.4 is 10.1 Å². The third-order valence-electron chi connectivity index (χ3n) is 3.20. The summed E-state index contributed by atoms with van der Waals surface area (Å²) in [4.78, 5) is 11.8. The molecule has 1 N–H and O–H groups in total. The van der Waals surface area contributed by atoms with Gasteiger partial charge in [0.25, 0.3) is 0 Å². The molecule has 1 rings (SSSR count). The monoisotopic (exact) mass is 364 g/mol. The van der Waals surface area contributed by atoms with Gasteiger partial charge in [0.2, 0.25) is 15.9 Å². The number of methoxy groups -OCH3 is 1. The number of sulfonamides is 1. The Bertz CT molecular complexity index is 800. The number of carbonyl (C=O) groups is 1. The van der Waals surface area contributed by atoms with Crippen molar-refractivity contribution in [2.45, 2.75) is 17.1 Å². The number of carbonyl (C=O) groups excluding carboxylic acids is 1. The zero-order valence-electron chi connectivity index (χ0n) is 13.5. The Hall–Kier alpha value is -1.65. The molecular weight excluding hydrogens is 344 g/mol. The summed E-state index contributed by atoms with van der Waals surface area (Å²) in [6.45, 7) is 1.26. The molecule has 130 valence electrons. The molecule has 10 heteroatoms. The van der Waals surface area contributed by atoms with Gasteiger partial charge in [0.05, 0.1) is 7.11 Å². The molecule has 0 aromatic heterocycles. The fourth-order valence-electron chi connectivity index (χ4n) is 1.59. The van der Waals surface area contributed by atoms with Crippen LogP contribution in [0.4, 0.5) is 5.69 Å². The van der Waals surface area contributed by atoms with E-state index in [-0.39, 0.29) is 16.3 Å². The second-order valence-electron chi connectivity index (χ2n) is 5.11. The molecule has 1 amide bonds. The highest BCUT2D eigenvalue weighted by atomic mass is 32.2. The van der Waals surface area contributed by atoms with E-state index in [2.05, 4.69) is 5.32 Å². The number of nitrogens with zero attached hydrogens (tertiary/aromatic N) is 1. The van der Waals surface area contributed by atoms with Crippen LogP contribution in [-0.2, 0) is 24.7 Å². The highest BCUT2D eigenvalue weighted by Gasteiger charge is 2.26. The number of benzene rings is 1. The smallest absolute Gasteiger partial charge is 0.246 e. The standard InChI is InChI=1S/C13H20N2O6S2/c1-9(22(5,17)18)13(16)14-10-6-7-11(21-4)12(8-10)23(19,20)15(2)3/h6-9H,1-5H3,(H,14,16)/t9-/m1/s1. The first-order valence-electron chi connectivity index (χ1n) is 6.51. The van der Waals surface area contributed by atoms with Crippen molar-refractivity contribution in [1.82, 2.24) is 4.31 Å². The molecule has 0 spiro atoms. The number of amides is 1. The Morgan fingerprint density at radius 2 is 1.78 bits per heavy atom. The van der Waals surface area contributed by atoms with Crippen molar-refractivity contribution in [3.63, 3.8) is 0 Å². The van der Waals surface area contributed by atoms with Crippen LogP contribution in [0, 0.1) is 0 Å². The Labute approximate surface area is 136 Å². The van der Waals surface area contributed by atoms with E-state index >= 15 is 0 Å². The van der Waals surface area contributed by atoms with Gasteiger partial charge in [0, 0.05) is 26.0 Å². The Kier molecular flexibility index (Phi) is 5.78. The minimum absolute atomic E-state index is 0.118. The topological polar surface area (TPSA) is 110 Å². The van der Waals surface area contributed by atoms with Gasteiger partial charge in [-0.25, -0.2) is 21.1 Å². The maximum absolute atomic E-state index is 12.3. The summed E-state index contributed by atoms with van der Waals surface area (Å²) in [5, 5.41) is 1.14. The van der Waals surface area contributed by atoms with Crippen LogP contribution in [0.15, 0.2) is 23.1 Å². The summed E-state index contributed by atoms with van der Waals surface area (Å²) < 4.78 is 53.4. The lowest BCUT2D eigenvalue weighted by Crippen LogP contribution is -2.32. The molecule has 23 heavy (non-hydrogen) atoms. The summed E-state index contributed by atoms with van der Waals surface area (Å²) in [6.07, 6.45) is 0.952. The first kappa shape index (κ1) is 19.4. The molecule has 0 aliphatic heterocycles. The molecule has 0 heterocycles. The van der Waals surface area contributed by atoms with Gasteiger partial charge in [0.1, 0.15) is 15.9 Å². The molecule has 1 atom stereocenters. The lowest BCUT2D eigenvalue weighted by Gasteiger charge is -2.16. The number of anilines is 1. The first-order chi connectivity index (χ1) is 10.4. The van der Waals surface area contributed by atoms with Crippen molar-refractivity contribution >= 4 is 31.5 Å². The van der Waals surface area contributed by atoms with E-state index in [1.165, 1.54) is 46.3 Å². The van der Waals surface area contributed by atoms with Gasteiger partial charge in [0.15, 0.2) is 9.84 Å². The normalized spacial score (nSPS) is 13.7. The second-order valence-corrected chi connectivity index (χ2v) is 9.60. The highest BCUT2D eigenvalue weighted by molar-refractivity contribution is 7.92. The minimum Gasteiger partial charge on any atom is -0.495 e. The van der Waals surface area contributed by atoms with Gasteiger partial charge < -0.3 is 10.1 Å². The van der Waals surface area contributed by atoms with E-state index in [0.717, 1.165) is 10.6 Å². The minimum atomic E-state index is -3.79. The van der Waals surface area contributed by atoms with Gasteiger partial charge >= 0.3 is 0 Å². The van der Waals surface area contributed by atoms with Crippen LogP contribution in [0.1, 0.15) is 6.92 Å². The van der Waals surface area contributed by atoms with E-state index in [1.54, 1.807) is 0 Å². The zero-order chi connectivity index (χ0) is 18.0. The van der Waals surface area contributed by atoms with Gasteiger partial charge in [-0.1, -0.05) is 0 Å². The van der Waals surface area contributed by atoms with Gasteiger partial charge in [-0.3, -0.25) is 4.79 Å². The van der Waals surface area contributed by atoms with E-state index in [0.29, 0.717) is 0 Å². The number of rotatable bonds is 6. The zero-order valence-corrected chi connectivity index (χ0v) is 15.2. The van der Waals surface area contributed by atoms with Crippen LogP contribution in [0.25, 0.3) is 0 Å². The molecule has 0 radical (unpaired) electrons. The summed E-state index contributed by atoms with van der Waals surface area (Å²) >= 11 is 0. The van der Waals surface area contributed by atoms with E-state index in [9.17, 15) is 21.6 Å². The van der Waals surface area contributed by atoms with Crippen molar-refractivity contribution in [3.05, 3.63) is 18.2 Å². The lowest BCUT2D eigenvalue weighted by atomic mass is 10.3. The Morgan fingerprint density at radius 1 is 1.22 bits per heavy atom. The van der Waals surface area contributed by atoms with Crippen LogP contribution in [0.3, 0.4) is 0 Å². The molecule has 0 aliphatic rings. The molecule has 0 bridgehead atoms. The summed E-state index contributed by atoms with van der Waals surface area (Å²) in [6, 6.07) is 4.04. The Balaban J connectivity index is 3.25. The molecular formula is C13H20N2O6S2. The van der Waals surface area contributed by atoms with Crippen LogP contribution in [0.2, 0.25) is 0 Å². The van der Waals surface area contributed by atoms with E-state index < -0.39 is 31.0 Å². The fourth-order valence-corrected chi connectivity index (χ4v) is 3.11. The van der Waals surface area contributed by atoms with Crippen molar-refractivity contribution in [2.75, 3.05) is 32.8 Å².